The topological polar surface area (TPSA) is 59.4 Å². The number of nitrogens with zero attached hydrogens (tertiary/aromatic N) is 1. The van der Waals surface area contributed by atoms with Gasteiger partial charge in [0.2, 0.25) is 0 Å². The molecule has 2 rings (SSSR count). The Morgan fingerprint density at radius 2 is 2.20 bits per heavy atom. The van der Waals surface area contributed by atoms with Gasteiger partial charge < -0.3 is 9.84 Å². The van der Waals surface area contributed by atoms with Crippen LogP contribution in [0.3, 0.4) is 0 Å². The Morgan fingerprint density at radius 3 is 2.87 bits per heavy atom. The lowest BCUT2D eigenvalue weighted by atomic mass is 10.1. The van der Waals surface area contributed by atoms with Crippen LogP contribution < -0.4 is 4.74 Å². The number of carboxylic acids is 1. The molecule has 76 valence electrons. The lowest BCUT2D eigenvalue weighted by molar-refractivity contribution is 0.0693. The van der Waals surface area contributed by atoms with Crippen LogP contribution in [0.1, 0.15) is 10.4 Å². The highest BCUT2D eigenvalue weighted by Gasteiger charge is 2.13. The second kappa shape index (κ2) is 3.57. The largest absolute Gasteiger partial charge is 0.495 e. The molecule has 15 heavy (non-hydrogen) atoms. The van der Waals surface area contributed by atoms with Crippen LogP contribution in [0.5, 0.6) is 5.75 Å². The molecule has 4 nitrogen and oxygen atoms in total. The number of carbonyl (C=O) groups is 1. The second-order valence-corrected chi connectivity index (χ2v) is 3.02. The summed E-state index contributed by atoms with van der Waals surface area (Å²) in [5, 5.41) is 9.66. The number of aromatic carboxylic acids is 1. The van der Waals surface area contributed by atoms with E-state index in [1.807, 2.05) is 0 Å². The molecule has 1 heterocycles. The number of rotatable bonds is 2. The van der Waals surface area contributed by atoms with Crippen LogP contribution in [0.4, 0.5) is 0 Å². The molecule has 0 saturated carbocycles. The first kappa shape index (κ1) is 9.45. The maximum absolute atomic E-state index is 10.9. The fourth-order valence-electron chi connectivity index (χ4n) is 1.51. The number of pyridine rings is 1. The highest BCUT2D eigenvalue weighted by molar-refractivity contribution is 5.99. The molecule has 0 unspecified atom stereocenters. The molecule has 0 aliphatic heterocycles. The Labute approximate surface area is 86.1 Å². The summed E-state index contributed by atoms with van der Waals surface area (Å²) in [6, 6.07) is 6.70. The van der Waals surface area contributed by atoms with E-state index in [0.717, 1.165) is 5.52 Å². The Kier molecular flexibility index (Phi) is 2.25. The first-order valence-corrected chi connectivity index (χ1v) is 4.39. The molecular formula is C11H9NO3. The number of carboxylic acid groups (broad SMARTS) is 1. The zero-order chi connectivity index (χ0) is 10.8. The summed E-state index contributed by atoms with van der Waals surface area (Å²) in [7, 11) is 1.45. The summed E-state index contributed by atoms with van der Waals surface area (Å²) in [6.45, 7) is 0. The van der Waals surface area contributed by atoms with E-state index in [4.69, 9.17) is 9.84 Å². The fraction of sp³-hybridized carbons (Fsp3) is 0.0909. The maximum atomic E-state index is 10.9. The Hall–Kier alpha value is -2.10. The van der Waals surface area contributed by atoms with Crippen LogP contribution in [0.2, 0.25) is 0 Å². The van der Waals surface area contributed by atoms with Gasteiger partial charge in [-0.15, -0.1) is 0 Å². The third-order valence-electron chi connectivity index (χ3n) is 2.17. The van der Waals surface area contributed by atoms with Gasteiger partial charge in [-0.1, -0.05) is 0 Å². The quantitative estimate of drug-likeness (QED) is 0.810. The molecular weight excluding hydrogens is 194 g/mol. The SMILES string of the molecule is COc1c(C(=O)O)ccc2ncccc12. The van der Waals surface area contributed by atoms with Crippen molar-refractivity contribution in [1.82, 2.24) is 4.98 Å². The number of fused-ring (bicyclic) bond motifs is 1. The van der Waals surface area contributed by atoms with Crippen molar-refractivity contribution in [3.63, 3.8) is 0 Å². The zero-order valence-electron chi connectivity index (χ0n) is 8.10. The molecule has 0 bridgehead atoms. The third kappa shape index (κ3) is 1.50. The molecule has 1 N–H and O–H groups in total. The van der Waals surface area contributed by atoms with E-state index in [1.165, 1.54) is 13.2 Å². The summed E-state index contributed by atoms with van der Waals surface area (Å²) >= 11 is 0. The molecule has 0 aliphatic rings. The monoisotopic (exact) mass is 203 g/mol. The van der Waals surface area contributed by atoms with Crippen molar-refractivity contribution in [1.29, 1.82) is 0 Å². The summed E-state index contributed by atoms with van der Waals surface area (Å²) in [5.41, 5.74) is 0.873. The second-order valence-electron chi connectivity index (χ2n) is 3.02. The minimum Gasteiger partial charge on any atom is -0.495 e. The lowest BCUT2D eigenvalue weighted by Gasteiger charge is -2.07. The normalized spacial score (nSPS) is 10.2. The summed E-state index contributed by atoms with van der Waals surface area (Å²) in [6.07, 6.45) is 1.65. The first-order chi connectivity index (χ1) is 7.24. The lowest BCUT2D eigenvalue weighted by Crippen LogP contribution is -2.01. The molecule has 0 aliphatic carbocycles. The number of benzene rings is 1. The standard InChI is InChI=1S/C11H9NO3/c1-15-10-7-3-2-6-12-9(7)5-4-8(10)11(13)14/h2-6H,1H3,(H,13,14). The Morgan fingerprint density at radius 1 is 1.40 bits per heavy atom. The molecule has 1 aromatic carbocycles. The fourth-order valence-corrected chi connectivity index (χ4v) is 1.51. The average Bonchev–Trinajstić information content (AvgIpc) is 2.27. The van der Waals surface area contributed by atoms with Crippen LogP contribution in [0, 0.1) is 0 Å². The maximum Gasteiger partial charge on any atom is 0.339 e. The predicted molar refractivity (Wildman–Crippen MR) is 55.3 cm³/mol. The molecule has 0 amide bonds. The van der Waals surface area contributed by atoms with Crippen molar-refractivity contribution in [2.24, 2.45) is 0 Å². The van der Waals surface area contributed by atoms with E-state index in [-0.39, 0.29) is 5.56 Å². The van der Waals surface area contributed by atoms with E-state index in [9.17, 15) is 4.79 Å². The van der Waals surface area contributed by atoms with Gasteiger partial charge in [-0.3, -0.25) is 4.98 Å². The van der Waals surface area contributed by atoms with Crippen molar-refractivity contribution < 1.29 is 14.6 Å². The number of aromatic nitrogens is 1. The van der Waals surface area contributed by atoms with Crippen LogP contribution in [0.25, 0.3) is 10.9 Å². The van der Waals surface area contributed by atoms with Crippen LogP contribution in [-0.2, 0) is 0 Å². The summed E-state index contributed by atoms with van der Waals surface area (Å²) in [5.74, 6) is -0.647. The minimum atomic E-state index is -1.00. The molecule has 0 radical (unpaired) electrons. The minimum absolute atomic E-state index is 0.151. The Bertz CT molecular complexity index is 522. The van der Waals surface area contributed by atoms with Gasteiger partial charge in [0.25, 0.3) is 0 Å². The molecule has 0 fully saturated rings. The van der Waals surface area contributed by atoms with Gasteiger partial charge in [-0.2, -0.15) is 0 Å². The van der Waals surface area contributed by atoms with E-state index in [0.29, 0.717) is 11.1 Å². The average molecular weight is 203 g/mol. The van der Waals surface area contributed by atoms with Gasteiger partial charge in [0.05, 0.1) is 12.6 Å². The smallest absolute Gasteiger partial charge is 0.339 e. The predicted octanol–water partition coefficient (Wildman–Crippen LogP) is 1.94. The van der Waals surface area contributed by atoms with E-state index >= 15 is 0 Å². The van der Waals surface area contributed by atoms with Gasteiger partial charge in [0.1, 0.15) is 11.3 Å². The van der Waals surface area contributed by atoms with Crippen molar-refractivity contribution in [2.45, 2.75) is 0 Å². The molecule has 4 heteroatoms. The van der Waals surface area contributed by atoms with Crippen LogP contribution >= 0.6 is 0 Å². The highest BCUT2D eigenvalue weighted by atomic mass is 16.5. The summed E-state index contributed by atoms with van der Waals surface area (Å²) < 4.78 is 5.10. The number of methoxy groups -OCH3 is 1. The van der Waals surface area contributed by atoms with Crippen molar-refractivity contribution >= 4 is 16.9 Å². The third-order valence-corrected chi connectivity index (χ3v) is 2.17. The zero-order valence-corrected chi connectivity index (χ0v) is 8.10. The van der Waals surface area contributed by atoms with E-state index in [1.54, 1.807) is 24.4 Å². The van der Waals surface area contributed by atoms with Crippen LogP contribution in [-0.4, -0.2) is 23.2 Å². The number of hydrogen-bond acceptors (Lipinski definition) is 3. The molecule has 0 atom stereocenters. The van der Waals surface area contributed by atoms with Crippen molar-refractivity contribution in [3.8, 4) is 5.75 Å². The first-order valence-electron chi connectivity index (χ1n) is 4.39. The molecule has 0 saturated heterocycles. The van der Waals surface area contributed by atoms with Gasteiger partial charge in [-0.25, -0.2) is 4.79 Å². The molecule has 0 spiro atoms. The van der Waals surface area contributed by atoms with Crippen molar-refractivity contribution in [3.05, 3.63) is 36.0 Å². The van der Waals surface area contributed by atoms with Gasteiger partial charge in [0, 0.05) is 11.6 Å². The Balaban J connectivity index is 2.81. The van der Waals surface area contributed by atoms with Gasteiger partial charge in [-0.05, 0) is 24.3 Å². The van der Waals surface area contributed by atoms with Gasteiger partial charge in [0.15, 0.2) is 0 Å². The van der Waals surface area contributed by atoms with Crippen molar-refractivity contribution in [2.75, 3.05) is 7.11 Å². The summed E-state index contributed by atoms with van der Waals surface area (Å²) in [4.78, 5) is 15.0. The number of ether oxygens (including phenoxy) is 1. The molecule has 2 aromatic rings. The van der Waals surface area contributed by atoms with Crippen LogP contribution in [0.15, 0.2) is 30.5 Å². The highest BCUT2D eigenvalue weighted by Crippen LogP contribution is 2.28. The number of hydrogen-bond donors (Lipinski definition) is 1. The van der Waals surface area contributed by atoms with E-state index in [2.05, 4.69) is 4.98 Å². The molecule has 1 aromatic heterocycles. The van der Waals surface area contributed by atoms with E-state index < -0.39 is 5.97 Å². The van der Waals surface area contributed by atoms with Gasteiger partial charge >= 0.3 is 5.97 Å².